The van der Waals surface area contributed by atoms with Gasteiger partial charge in [-0.3, -0.25) is 10.1 Å². The molecular weight excluding hydrogens is 292 g/mol. The number of rotatable bonds is 6. The van der Waals surface area contributed by atoms with E-state index in [1.807, 2.05) is 0 Å². The largest absolute Gasteiger partial charge is 0.387 e. The predicted octanol–water partition coefficient (Wildman–Crippen LogP) is 3.07. The van der Waals surface area contributed by atoms with Crippen molar-refractivity contribution in [3.8, 4) is 0 Å². The average Bonchev–Trinajstić information content (AvgIpc) is 2.48. The van der Waals surface area contributed by atoms with Crippen LogP contribution in [0.25, 0.3) is 0 Å². The van der Waals surface area contributed by atoms with E-state index in [4.69, 9.17) is 11.6 Å². The Bertz CT molecular complexity index is 599. The zero-order valence-corrected chi connectivity index (χ0v) is 12.0. The highest BCUT2D eigenvalue weighted by Gasteiger charge is 2.07. The fourth-order valence-electron chi connectivity index (χ4n) is 1.89. The second kappa shape index (κ2) is 7.17. The van der Waals surface area contributed by atoms with Crippen LogP contribution in [0.3, 0.4) is 0 Å². The summed E-state index contributed by atoms with van der Waals surface area (Å²) >= 11 is 5.79. The molecule has 5 nitrogen and oxygen atoms in total. The first-order valence-electron chi connectivity index (χ1n) is 6.44. The van der Waals surface area contributed by atoms with Crippen molar-refractivity contribution >= 4 is 17.3 Å². The molecule has 1 unspecified atom stereocenters. The Morgan fingerprint density at radius 2 is 1.76 bits per heavy atom. The summed E-state index contributed by atoms with van der Waals surface area (Å²) < 4.78 is 0. The van der Waals surface area contributed by atoms with E-state index in [0.717, 1.165) is 11.1 Å². The maximum atomic E-state index is 10.5. The molecule has 21 heavy (non-hydrogen) atoms. The van der Waals surface area contributed by atoms with Crippen molar-refractivity contribution in [3.05, 3.63) is 74.8 Å². The monoisotopic (exact) mass is 306 g/mol. The van der Waals surface area contributed by atoms with Gasteiger partial charge < -0.3 is 10.4 Å². The van der Waals surface area contributed by atoms with Crippen LogP contribution in [-0.4, -0.2) is 16.6 Å². The van der Waals surface area contributed by atoms with Crippen LogP contribution in [0.15, 0.2) is 48.5 Å². The second-order valence-corrected chi connectivity index (χ2v) is 5.06. The Balaban J connectivity index is 1.83. The van der Waals surface area contributed by atoms with Gasteiger partial charge in [0.15, 0.2) is 0 Å². The highest BCUT2D eigenvalue weighted by Crippen LogP contribution is 2.16. The first-order chi connectivity index (χ1) is 10.1. The molecule has 0 amide bonds. The number of nitrogens with zero attached hydrogens (tertiary/aromatic N) is 1. The van der Waals surface area contributed by atoms with E-state index in [0.29, 0.717) is 18.1 Å². The van der Waals surface area contributed by atoms with Crippen LogP contribution in [0.5, 0.6) is 0 Å². The molecule has 0 saturated carbocycles. The molecule has 6 heteroatoms. The van der Waals surface area contributed by atoms with Gasteiger partial charge in [-0.25, -0.2) is 0 Å². The van der Waals surface area contributed by atoms with Crippen LogP contribution in [0.4, 0.5) is 5.69 Å². The van der Waals surface area contributed by atoms with E-state index in [9.17, 15) is 15.2 Å². The van der Waals surface area contributed by atoms with E-state index in [1.54, 1.807) is 36.4 Å². The second-order valence-electron chi connectivity index (χ2n) is 4.62. The van der Waals surface area contributed by atoms with Crippen LogP contribution in [0.1, 0.15) is 17.2 Å². The maximum absolute atomic E-state index is 10.5. The summed E-state index contributed by atoms with van der Waals surface area (Å²) in [6.07, 6.45) is -0.625. The van der Waals surface area contributed by atoms with Crippen molar-refractivity contribution in [2.24, 2.45) is 0 Å². The van der Waals surface area contributed by atoms with Crippen molar-refractivity contribution in [1.29, 1.82) is 0 Å². The van der Waals surface area contributed by atoms with Gasteiger partial charge in [-0.2, -0.15) is 0 Å². The topological polar surface area (TPSA) is 75.4 Å². The van der Waals surface area contributed by atoms with Crippen molar-refractivity contribution < 1.29 is 10.0 Å². The Morgan fingerprint density at radius 1 is 1.14 bits per heavy atom. The number of hydrogen-bond acceptors (Lipinski definition) is 4. The summed E-state index contributed by atoms with van der Waals surface area (Å²) in [6.45, 7) is 0.918. The predicted molar refractivity (Wildman–Crippen MR) is 81.2 cm³/mol. The van der Waals surface area contributed by atoms with Gasteiger partial charge in [-0.15, -0.1) is 0 Å². The lowest BCUT2D eigenvalue weighted by Crippen LogP contribution is -2.21. The molecule has 0 saturated heterocycles. The van der Waals surface area contributed by atoms with E-state index in [1.165, 1.54) is 12.1 Å². The van der Waals surface area contributed by atoms with Crippen LogP contribution >= 0.6 is 11.6 Å². The molecule has 0 spiro atoms. The number of hydrogen-bond donors (Lipinski definition) is 2. The number of benzene rings is 2. The quantitative estimate of drug-likeness (QED) is 0.635. The molecule has 2 aromatic carbocycles. The summed E-state index contributed by atoms with van der Waals surface area (Å²) in [5, 5.41) is 24.3. The van der Waals surface area contributed by atoms with E-state index in [2.05, 4.69) is 5.32 Å². The third-order valence-corrected chi connectivity index (χ3v) is 3.32. The summed E-state index contributed by atoms with van der Waals surface area (Å²) in [5.41, 5.74) is 1.78. The summed E-state index contributed by atoms with van der Waals surface area (Å²) in [5.74, 6) is 0. The van der Waals surface area contributed by atoms with Gasteiger partial charge in [0.05, 0.1) is 11.0 Å². The summed E-state index contributed by atoms with van der Waals surface area (Å²) in [4.78, 5) is 10.1. The van der Waals surface area contributed by atoms with Gasteiger partial charge in [0, 0.05) is 30.2 Å². The Morgan fingerprint density at radius 3 is 2.33 bits per heavy atom. The van der Waals surface area contributed by atoms with Crippen LogP contribution in [-0.2, 0) is 6.54 Å². The highest BCUT2D eigenvalue weighted by atomic mass is 35.5. The number of nitro groups is 1. The molecule has 0 aliphatic heterocycles. The fourth-order valence-corrected chi connectivity index (χ4v) is 2.02. The van der Waals surface area contributed by atoms with Gasteiger partial charge in [-0.1, -0.05) is 35.9 Å². The lowest BCUT2D eigenvalue weighted by molar-refractivity contribution is -0.384. The standard InChI is InChI=1S/C15H15ClN2O3/c16-13-5-3-12(4-6-13)15(19)10-17-9-11-1-7-14(8-2-11)18(20)21/h1-8,15,17,19H,9-10H2. The van der Waals surface area contributed by atoms with Gasteiger partial charge >= 0.3 is 0 Å². The van der Waals surface area contributed by atoms with Gasteiger partial charge in [0.2, 0.25) is 0 Å². The Kier molecular flexibility index (Phi) is 5.27. The van der Waals surface area contributed by atoms with Crippen molar-refractivity contribution in [3.63, 3.8) is 0 Å². The number of aliphatic hydroxyl groups is 1. The third-order valence-electron chi connectivity index (χ3n) is 3.07. The Labute approximate surface area is 127 Å². The molecule has 0 aliphatic rings. The number of nitro benzene ring substituents is 1. The normalized spacial score (nSPS) is 12.1. The van der Waals surface area contributed by atoms with Crippen molar-refractivity contribution in [2.75, 3.05) is 6.54 Å². The average molecular weight is 307 g/mol. The SMILES string of the molecule is O=[N+]([O-])c1ccc(CNCC(O)c2ccc(Cl)cc2)cc1. The molecule has 2 N–H and O–H groups in total. The van der Waals surface area contributed by atoms with Gasteiger partial charge in [0.25, 0.3) is 5.69 Å². The first kappa shape index (κ1) is 15.4. The third kappa shape index (κ3) is 4.53. The smallest absolute Gasteiger partial charge is 0.269 e. The van der Waals surface area contributed by atoms with Crippen LogP contribution < -0.4 is 5.32 Å². The maximum Gasteiger partial charge on any atom is 0.269 e. The number of halogens is 1. The molecular formula is C15H15ClN2O3. The lowest BCUT2D eigenvalue weighted by Gasteiger charge is -2.12. The highest BCUT2D eigenvalue weighted by molar-refractivity contribution is 6.30. The van der Waals surface area contributed by atoms with E-state index in [-0.39, 0.29) is 5.69 Å². The van der Waals surface area contributed by atoms with Crippen LogP contribution in [0, 0.1) is 10.1 Å². The molecule has 110 valence electrons. The summed E-state index contributed by atoms with van der Waals surface area (Å²) in [6, 6.07) is 13.3. The fraction of sp³-hybridized carbons (Fsp3) is 0.200. The molecule has 2 rings (SSSR count). The lowest BCUT2D eigenvalue weighted by atomic mass is 10.1. The van der Waals surface area contributed by atoms with E-state index < -0.39 is 11.0 Å². The number of aliphatic hydroxyl groups excluding tert-OH is 1. The minimum atomic E-state index is -0.625. The van der Waals surface area contributed by atoms with Gasteiger partial charge in [0.1, 0.15) is 0 Å². The molecule has 0 bridgehead atoms. The van der Waals surface area contributed by atoms with Crippen molar-refractivity contribution in [2.45, 2.75) is 12.6 Å². The van der Waals surface area contributed by atoms with Crippen molar-refractivity contribution in [1.82, 2.24) is 5.32 Å². The van der Waals surface area contributed by atoms with Gasteiger partial charge in [-0.05, 0) is 23.3 Å². The Hall–Kier alpha value is -1.95. The molecule has 0 aliphatic carbocycles. The molecule has 2 aromatic rings. The van der Waals surface area contributed by atoms with Crippen LogP contribution in [0.2, 0.25) is 5.02 Å². The number of non-ortho nitro benzene ring substituents is 1. The molecule has 0 fully saturated rings. The number of nitrogens with one attached hydrogen (secondary N) is 1. The molecule has 0 radical (unpaired) electrons. The summed E-state index contributed by atoms with van der Waals surface area (Å²) in [7, 11) is 0. The molecule has 0 aromatic heterocycles. The molecule has 1 atom stereocenters. The van der Waals surface area contributed by atoms with E-state index >= 15 is 0 Å². The zero-order chi connectivity index (χ0) is 15.2. The minimum Gasteiger partial charge on any atom is -0.387 e. The minimum absolute atomic E-state index is 0.0694. The molecule has 0 heterocycles. The first-order valence-corrected chi connectivity index (χ1v) is 6.81. The zero-order valence-electron chi connectivity index (χ0n) is 11.2.